The Bertz CT molecular complexity index is 269. The van der Waals surface area contributed by atoms with E-state index in [9.17, 15) is 5.11 Å². The van der Waals surface area contributed by atoms with Crippen molar-refractivity contribution in [1.82, 2.24) is 5.32 Å². The number of rotatable bonds is 24. The van der Waals surface area contributed by atoms with Crippen LogP contribution in [0.25, 0.3) is 0 Å². The molecule has 1 atom stereocenters. The van der Waals surface area contributed by atoms with Gasteiger partial charge >= 0.3 is 0 Å². The lowest BCUT2D eigenvalue weighted by Crippen LogP contribution is -2.29. The van der Waals surface area contributed by atoms with Crippen LogP contribution in [0.4, 0.5) is 0 Å². The normalized spacial score (nSPS) is 12.5. The van der Waals surface area contributed by atoms with Gasteiger partial charge in [0.15, 0.2) is 0 Å². The van der Waals surface area contributed by atoms with Gasteiger partial charge in [0.2, 0.25) is 0 Å². The standard InChI is InChI=1S/C26H55NO/c1-3-5-7-9-11-12-13-14-15-16-17-18-19-20-22-24-26(28)27-25-23-21-10-8-6-4-2/h26-28H,3-25H2,1-2H3. The maximum Gasteiger partial charge on any atom is 0.104 e. The first-order valence-corrected chi connectivity index (χ1v) is 13.2. The fourth-order valence-electron chi connectivity index (χ4n) is 3.99. The molecule has 0 aromatic heterocycles. The highest BCUT2D eigenvalue weighted by Gasteiger charge is 2.02. The van der Waals surface area contributed by atoms with E-state index in [2.05, 4.69) is 19.2 Å². The van der Waals surface area contributed by atoms with Crippen molar-refractivity contribution in [2.24, 2.45) is 0 Å². The molecule has 0 amide bonds. The summed E-state index contributed by atoms with van der Waals surface area (Å²) in [5.74, 6) is 0. The molecule has 0 aliphatic heterocycles. The van der Waals surface area contributed by atoms with E-state index in [0.717, 1.165) is 13.0 Å². The van der Waals surface area contributed by atoms with Crippen LogP contribution in [0.15, 0.2) is 0 Å². The van der Waals surface area contributed by atoms with Gasteiger partial charge in [-0.05, 0) is 25.8 Å². The molecular weight excluding hydrogens is 342 g/mol. The Kier molecular flexibility index (Phi) is 24.9. The van der Waals surface area contributed by atoms with Crippen molar-refractivity contribution >= 4 is 0 Å². The quantitative estimate of drug-likeness (QED) is 0.126. The molecule has 170 valence electrons. The Morgan fingerprint density at radius 1 is 0.464 bits per heavy atom. The van der Waals surface area contributed by atoms with Gasteiger partial charge in [-0.2, -0.15) is 0 Å². The molecule has 0 aliphatic carbocycles. The first-order valence-electron chi connectivity index (χ1n) is 13.2. The summed E-state index contributed by atoms with van der Waals surface area (Å²) in [6.07, 6.45) is 29.5. The Balaban J connectivity index is 3.10. The molecule has 0 heterocycles. The number of unbranched alkanes of at least 4 members (excludes halogenated alkanes) is 19. The Morgan fingerprint density at radius 3 is 1.18 bits per heavy atom. The van der Waals surface area contributed by atoms with E-state index in [-0.39, 0.29) is 6.23 Å². The topological polar surface area (TPSA) is 32.3 Å². The van der Waals surface area contributed by atoms with Crippen molar-refractivity contribution in [3.05, 3.63) is 0 Å². The molecule has 0 radical (unpaired) electrons. The Labute approximate surface area is 178 Å². The van der Waals surface area contributed by atoms with Crippen LogP contribution in [0.2, 0.25) is 0 Å². The SMILES string of the molecule is CCCCCCCCCCCCCCCCCC(O)NCCCCCCCC. The van der Waals surface area contributed by atoms with Crippen LogP contribution >= 0.6 is 0 Å². The molecule has 1 unspecified atom stereocenters. The highest BCUT2D eigenvalue weighted by Crippen LogP contribution is 2.14. The smallest absolute Gasteiger partial charge is 0.104 e. The minimum Gasteiger partial charge on any atom is -0.379 e. The third-order valence-corrected chi connectivity index (χ3v) is 5.99. The molecule has 2 heteroatoms. The number of aliphatic hydroxyl groups excluding tert-OH is 1. The fraction of sp³-hybridized carbons (Fsp3) is 1.00. The zero-order valence-electron chi connectivity index (χ0n) is 19.8. The minimum atomic E-state index is -0.280. The van der Waals surface area contributed by atoms with Crippen molar-refractivity contribution in [2.45, 2.75) is 161 Å². The van der Waals surface area contributed by atoms with Crippen LogP contribution in [-0.2, 0) is 0 Å². The first-order chi connectivity index (χ1) is 13.8. The van der Waals surface area contributed by atoms with Gasteiger partial charge in [-0.15, -0.1) is 0 Å². The molecule has 0 saturated heterocycles. The van der Waals surface area contributed by atoms with E-state index in [0.29, 0.717) is 0 Å². The summed E-state index contributed by atoms with van der Waals surface area (Å²) in [7, 11) is 0. The van der Waals surface area contributed by atoms with Gasteiger partial charge in [0.25, 0.3) is 0 Å². The summed E-state index contributed by atoms with van der Waals surface area (Å²) < 4.78 is 0. The molecule has 2 N–H and O–H groups in total. The van der Waals surface area contributed by atoms with Crippen molar-refractivity contribution < 1.29 is 5.11 Å². The third-order valence-electron chi connectivity index (χ3n) is 5.99. The van der Waals surface area contributed by atoms with Crippen molar-refractivity contribution in [3.63, 3.8) is 0 Å². The van der Waals surface area contributed by atoms with Gasteiger partial charge < -0.3 is 5.11 Å². The second-order valence-electron chi connectivity index (χ2n) is 8.98. The van der Waals surface area contributed by atoms with Crippen molar-refractivity contribution in [1.29, 1.82) is 0 Å². The first kappa shape index (κ1) is 27.9. The molecule has 28 heavy (non-hydrogen) atoms. The summed E-state index contributed by atoms with van der Waals surface area (Å²) in [4.78, 5) is 0. The van der Waals surface area contributed by atoms with Crippen LogP contribution in [0, 0.1) is 0 Å². The summed E-state index contributed by atoms with van der Waals surface area (Å²) in [6.45, 7) is 5.53. The van der Waals surface area contributed by atoms with Crippen molar-refractivity contribution in [2.75, 3.05) is 6.54 Å². The average molecular weight is 398 g/mol. The fourth-order valence-corrected chi connectivity index (χ4v) is 3.99. The number of hydrogen-bond donors (Lipinski definition) is 2. The van der Waals surface area contributed by atoms with Crippen molar-refractivity contribution in [3.8, 4) is 0 Å². The average Bonchev–Trinajstić information content (AvgIpc) is 2.70. The Morgan fingerprint density at radius 2 is 0.786 bits per heavy atom. The predicted octanol–water partition coefficient (Wildman–Crippen LogP) is 8.52. The highest BCUT2D eigenvalue weighted by molar-refractivity contribution is 4.56. The molecule has 0 bridgehead atoms. The van der Waals surface area contributed by atoms with Crippen LogP contribution in [0.1, 0.15) is 155 Å². The third kappa shape index (κ3) is 24.0. The number of nitrogens with one attached hydrogen (secondary N) is 1. The molecule has 0 spiro atoms. The monoisotopic (exact) mass is 397 g/mol. The number of hydrogen-bond acceptors (Lipinski definition) is 2. The lowest BCUT2D eigenvalue weighted by molar-refractivity contribution is 0.124. The summed E-state index contributed by atoms with van der Waals surface area (Å²) >= 11 is 0. The van der Waals surface area contributed by atoms with E-state index in [1.807, 2.05) is 0 Å². The minimum absolute atomic E-state index is 0.280. The second kappa shape index (κ2) is 25.0. The molecular formula is C26H55NO. The van der Waals surface area contributed by atoms with Gasteiger partial charge in [-0.1, -0.05) is 136 Å². The summed E-state index contributed by atoms with van der Waals surface area (Å²) in [5, 5.41) is 13.3. The zero-order chi connectivity index (χ0) is 20.5. The molecule has 0 aromatic carbocycles. The summed E-state index contributed by atoms with van der Waals surface area (Å²) in [6, 6.07) is 0. The van der Waals surface area contributed by atoms with E-state index in [1.54, 1.807) is 0 Å². The van der Waals surface area contributed by atoms with Gasteiger partial charge in [0.1, 0.15) is 6.23 Å². The van der Waals surface area contributed by atoms with E-state index in [4.69, 9.17) is 0 Å². The predicted molar refractivity (Wildman–Crippen MR) is 127 cm³/mol. The molecule has 0 aromatic rings. The largest absolute Gasteiger partial charge is 0.379 e. The van der Waals surface area contributed by atoms with Gasteiger partial charge in [0, 0.05) is 0 Å². The van der Waals surface area contributed by atoms with Gasteiger partial charge in [-0.3, -0.25) is 5.32 Å². The maximum absolute atomic E-state index is 9.98. The zero-order valence-corrected chi connectivity index (χ0v) is 19.8. The lowest BCUT2D eigenvalue weighted by atomic mass is 10.0. The molecule has 2 nitrogen and oxygen atoms in total. The second-order valence-corrected chi connectivity index (χ2v) is 8.98. The number of aliphatic hydroxyl groups is 1. The van der Waals surface area contributed by atoms with Crippen LogP contribution < -0.4 is 5.32 Å². The molecule has 0 fully saturated rings. The maximum atomic E-state index is 9.98. The molecule has 0 rings (SSSR count). The van der Waals surface area contributed by atoms with Crippen LogP contribution in [-0.4, -0.2) is 17.9 Å². The highest BCUT2D eigenvalue weighted by atomic mass is 16.3. The summed E-state index contributed by atoms with van der Waals surface area (Å²) in [5.41, 5.74) is 0. The van der Waals surface area contributed by atoms with E-state index in [1.165, 1.54) is 135 Å². The lowest BCUT2D eigenvalue weighted by Gasteiger charge is -2.12. The van der Waals surface area contributed by atoms with Gasteiger partial charge in [0.05, 0.1) is 0 Å². The van der Waals surface area contributed by atoms with Crippen LogP contribution in [0.3, 0.4) is 0 Å². The molecule has 0 saturated carbocycles. The van der Waals surface area contributed by atoms with E-state index >= 15 is 0 Å². The van der Waals surface area contributed by atoms with Gasteiger partial charge in [-0.25, -0.2) is 0 Å². The Hall–Kier alpha value is -0.0800. The molecule has 0 aliphatic rings. The van der Waals surface area contributed by atoms with E-state index < -0.39 is 0 Å². The van der Waals surface area contributed by atoms with Crippen LogP contribution in [0.5, 0.6) is 0 Å².